The lowest BCUT2D eigenvalue weighted by Gasteiger charge is -2.21. The lowest BCUT2D eigenvalue weighted by Crippen LogP contribution is -2.30. The van der Waals surface area contributed by atoms with E-state index in [2.05, 4.69) is 48.5 Å². The number of hydrogen-bond acceptors (Lipinski definition) is 15. The fourth-order valence-corrected chi connectivity index (χ4v) is 11.4. The highest BCUT2D eigenvalue weighted by atomic mass is 31.2. The molecular formula is C66H128O17P2. The lowest BCUT2D eigenvalue weighted by molar-refractivity contribution is -0.161. The summed E-state index contributed by atoms with van der Waals surface area (Å²) in [5, 5.41) is 10.5. The molecule has 0 amide bonds. The Morgan fingerprint density at radius 2 is 0.541 bits per heavy atom. The number of carbonyl (C=O) groups is 4. The van der Waals surface area contributed by atoms with Crippen molar-refractivity contribution in [3.8, 4) is 0 Å². The van der Waals surface area contributed by atoms with Crippen molar-refractivity contribution in [1.29, 1.82) is 0 Å². The summed E-state index contributed by atoms with van der Waals surface area (Å²) in [7, 11) is -9.88. The van der Waals surface area contributed by atoms with E-state index in [0.29, 0.717) is 31.6 Å². The standard InChI is InChI=1S/C66H128O17P2/c1-8-9-10-30-40-47-63(68)76-53-61(82-66(71)50-43-36-29-23-26-33-39-46-59(6)7)55-80-84(72,73)78-51-60(67)52-79-85(74,75)81-56-62(83-65(70)49-42-35-28-22-18-14-12-16-20-25-32-38-45-58(4)5)54-77-64(69)48-41-34-27-21-17-13-11-15-19-24-31-37-44-57(2)3/h57-62,67H,8-56H2,1-7H3,(H,72,73)(H,74,75)/t60-,61+,62+/m0/s1. The van der Waals surface area contributed by atoms with Gasteiger partial charge < -0.3 is 33.8 Å². The maximum absolute atomic E-state index is 13.0. The van der Waals surface area contributed by atoms with Gasteiger partial charge in [-0.25, -0.2) is 9.13 Å². The van der Waals surface area contributed by atoms with Crippen LogP contribution >= 0.6 is 15.6 Å². The van der Waals surface area contributed by atoms with Gasteiger partial charge in [0, 0.05) is 25.7 Å². The number of ether oxygens (including phenoxy) is 4. The Balaban J connectivity index is 5.17. The van der Waals surface area contributed by atoms with E-state index in [-0.39, 0.29) is 25.7 Å². The van der Waals surface area contributed by atoms with Gasteiger partial charge >= 0.3 is 39.5 Å². The van der Waals surface area contributed by atoms with Crippen molar-refractivity contribution in [3.05, 3.63) is 0 Å². The molecule has 2 unspecified atom stereocenters. The van der Waals surface area contributed by atoms with Crippen LogP contribution in [0, 0.1) is 17.8 Å². The van der Waals surface area contributed by atoms with Crippen LogP contribution in [0.4, 0.5) is 0 Å². The number of phosphoric acid groups is 2. The summed E-state index contributed by atoms with van der Waals surface area (Å²) in [6.07, 6.45) is 39.4. The lowest BCUT2D eigenvalue weighted by atomic mass is 10.0. The first-order valence-corrected chi connectivity index (χ1v) is 37.3. The zero-order chi connectivity index (χ0) is 63.1. The van der Waals surface area contributed by atoms with Crippen LogP contribution in [0.25, 0.3) is 0 Å². The van der Waals surface area contributed by atoms with Gasteiger partial charge in [0.05, 0.1) is 26.4 Å². The van der Waals surface area contributed by atoms with Gasteiger partial charge in [0.15, 0.2) is 12.2 Å². The fraction of sp³-hybridized carbons (Fsp3) is 0.939. The van der Waals surface area contributed by atoms with E-state index in [1.807, 2.05) is 0 Å². The van der Waals surface area contributed by atoms with Gasteiger partial charge in [0.25, 0.3) is 0 Å². The number of unbranched alkanes of at least 4 members (excludes halogenated alkanes) is 32. The van der Waals surface area contributed by atoms with E-state index >= 15 is 0 Å². The summed E-state index contributed by atoms with van der Waals surface area (Å²) in [5.74, 6) is 0.110. The summed E-state index contributed by atoms with van der Waals surface area (Å²) in [6.45, 7) is 11.7. The first-order chi connectivity index (χ1) is 40.7. The van der Waals surface area contributed by atoms with Crippen molar-refractivity contribution in [1.82, 2.24) is 0 Å². The van der Waals surface area contributed by atoms with Crippen LogP contribution in [0.15, 0.2) is 0 Å². The Bertz CT molecular complexity index is 1680. The minimum Gasteiger partial charge on any atom is -0.462 e. The number of phosphoric ester groups is 2. The molecule has 0 bridgehead atoms. The van der Waals surface area contributed by atoms with E-state index in [4.69, 9.17) is 37.0 Å². The second-order valence-corrected chi connectivity index (χ2v) is 28.2. The first kappa shape index (κ1) is 83.1. The highest BCUT2D eigenvalue weighted by Crippen LogP contribution is 2.45. The van der Waals surface area contributed by atoms with Crippen LogP contribution in [0.5, 0.6) is 0 Å². The second kappa shape index (κ2) is 57.2. The van der Waals surface area contributed by atoms with Crippen molar-refractivity contribution in [2.45, 2.75) is 343 Å². The Hall–Kier alpha value is -1.94. The summed E-state index contributed by atoms with van der Waals surface area (Å²) in [4.78, 5) is 72.1. The van der Waals surface area contributed by atoms with Crippen LogP contribution in [0.2, 0.25) is 0 Å². The molecule has 17 nitrogen and oxygen atoms in total. The van der Waals surface area contributed by atoms with E-state index < -0.39 is 97.5 Å². The number of hydrogen-bond donors (Lipinski definition) is 3. The van der Waals surface area contributed by atoms with E-state index in [1.54, 1.807) is 0 Å². The van der Waals surface area contributed by atoms with Crippen LogP contribution < -0.4 is 0 Å². The smallest absolute Gasteiger partial charge is 0.462 e. The molecule has 0 aliphatic rings. The molecule has 85 heavy (non-hydrogen) atoms. The van der Waals surface area contributed by atoms with Crippen LogP contribution in [0.1, 0.15) is 325 Å². The predicted octanol–water partition coefficient (Wildman–Crippen LogP) is 18.3. The van der Waals surface area contributed by atoms with Crippen molar-refractivity contribution in [2.24, 2.45) is 17.8 Å². The quantitative estimate of drug-likeness (QED) is 0.0222. The summed E-state index contributed by atoms with van der Waals surface area (Å²) in [6, 6.07) is 0. The fourth-order valence-electron chi connectivity index (χ4n) is 9.83. The average molecular weight is 1260 g/mol. The van der Waals surface area contributed by atoms with E-state index in [9.17, 15) is 43.2 Å². The van der Waals surface area contributed by atoms with E-state index in [1.165, 1.54) is 128 Å². The van der Waals surface area contributed by atoms with Crippen LogP contribution in [0.3, 0.4) is 0 Å². The van der Waals surface area contributed by atoms with Crippen LogP contribution in [-0.2, 0) is 65.4 Å². The summed E-state index contributed by atoms with van der Waals surface area (Å²) >= 11 is 0. The molecule has 0 aromatic heterocycles. The van der Waals surface area contributed by atoms with Gasteiger partial charge in [-0.15, -0.1) is 0 Å². The molecule has 0 aliphatic heterocycles. The maximum Gasteiger partial charge on any atom is 0.472 e. The topological polar surface area (TPSA) is 237 Å². The Kier molecular flexibility index (Phi) is 55.9. The number of aliphatic hydroxyl groups is 1. The third kappa shape index (κ3) is 60.7. The molecule has 0 radical (unpaired) electrons. The molecule has 0 aromatic carbocycles. The molecule has 19 heteroatoms. The highest BCUT2D eigenvalue weighted by molar-refractivity contribution is 7.47. The number of esters is 4. The van der Waals surface area contributed by atoms with E-state index in [0.717, 1.165) is 108 Å². The van der Waals surface area contributed by atoms with Crippen molar-refractivity contribution >= 4 is 39.5 Å². The molecule has 0 aliphatic carbocycles. The molecule has 504 valence electrons. The summed E-state index contributed by atoms with van der Waals surface area (Å²) < 4.78 is 67.9. The monoisotopic (exact) mass is 1250 g/mol. The predicted molar refractivity (Wildman–Crippen MR) is 340 cm³/mol. The number of rotatable bonds is 64. The van der Waals surface area contributed by atoms with Crippen molar-refractivity contribution in [2.75, 3.05) is 39.6 Å². The average Bonchev–Trinajstić information content (AvgIpc) is 3.53. The van der Waals surface area contributed by atoms with Gasteiger partial charge in [-0.3, -0.25) is 37.3 Å². The second-order valence-electron chi connectivity index (χ2n) is 25.3. The van der Waals surface area contributed by atoms with Crippen molar-refractivity contribution < 1.29 is 80.2 Å². The SMILES string of the molecule is CCCCCCCC(=O)OC[C@H](COP(=O)(O)OC[C@H](O)COP(=O)(O)OC[C@@H](COC(=O)CCCCCCCCCCCCCCC(C)C)OC(=O)CCCCCCCCCCCCCCC(C)C)OC(=O)CCCCCCCCCC(C)C. The number of aliphatic hydroxyl groups excluding tert-OH is 1. The Morgan fingerprint density at radius 3 is 0.800 bits per heavy atom. The van der Waals surface area contributed by atoms with Gasteiger partial charge in [-0.05, 0) is 43.4 Å². The minimum atomic E-state index is -4.95. The molecule has 3 N–H and O–H groups in total. The zero-order valence-electron chi connectivity index (χ0n) is 55.1. The molecule has 0 saturated carbocycles. The van der Waals surface area contributed by atoms with Crippen LogP contribution in [-0.4, -0.2) is 96.7 Å². The molecular weight excluding hydrogens is 1130 g/mol. The van der Waals surface area contributed by atoms with Gasteiger partial charge in [0.2, 0.25) is 0 Å². The van der Waals surface area contributed by atoms with Crippen molar-refractivity contribution in [3.63, 3.8) is 0 Å². The zero-order valence-corrected chi connectivity index (χ0v) is 56.9. The van der Waals surface area contributed by atoms with Gasteiger partial charge in [-0.2, -0.15) is 0 Å². The molecule has 0 saturated heterocycles. The number of carbonyl (C=O) groups excluding carboxylic acids is 4. The highest BCUT2D eigenvalue weighted by Gasteiger charge is 2.30. The third-order valence-corrected chi connectivity index (χ3v) is 17.0. The molecule has 0 rings (SSSR count). The van der Waals surface area contributed by atoms with Gasteiger partial charge in [-0.1, -0.05) is 273 Å². The molecule has 0 fully saturated rings. The normalized spacial score (nSPS) is 14.3. The molecule has 0 spiro atoms. The minimum absolute atomic E-state index is 0.102. The Morgan fingerprint density at radius 1 is 0.318 bits per heavy atom. The molecule has 0 heterocycles. The summed E-state index contributed by atoms with van der Waals surface area (Å²) in [5.41, 5.74) is 0. The van der Waals surface area contributed by atoms with Gasteiger partial charge in [0.1, 0.15) is 19.3 Å². The molecule has 0 aromatic rings. The maximum atomic E-state index is 13.0. The first-order valence-electron chi connectivity index (χ1n) is 34.3. The Labute approximate surface area is 517 Å². The largest absolute Gasteiger partial charge is 0.472 e. The molecule has 5 atom stereocenters. The third-order valence-electron chi connectivity index (χ3n) is 15.1.